The molecule has 1 fully saturated rings. The largest absolute Gasteiger partial charge is 0.463 e. The Kier molecular flexibility index (Phi) is 6.08. The molecule has 0 saturated carbocycles. The molecular formula is C19H28N4O3. The van der Waals surface area contributed by atoms with Gasteiger partial charge in [0, 0.05) is 0 Å². The predicted molar refractivity (Wildman–Crippen MR) is 98.5 cm³/mol. The minimum Gasteiger partial charge on any atom is -0.463 e. The molecule has 0 aromatic carbocycles. The zero-order valence-electron chi connectivity index (χ0n) is 15.6. The number of anilines is 1. The maximum absolute atomic E-state index is 12.1. The predicted octanol–water partition coefficient (Wildman–Crippen LogP) is 3.29. The second kappa shape index (κ2) is 8.49. The number of aromatic nitrogens is 3. The van der Waals surface area contributed by atoms with E-state index in [2.05, 4.69) is 17.0 Å². The molecule has 3 unspecified atom stereocenters. The number of esters is 1. The number of nitrogen functional groups attached to an aromatic ring is 1. The van der Waals surface area contributed by atoms with Crippen LogP contribution in [0.1, 0.15) is 64.2 Å². The molecule has 2 aromatic heterocycles. The maximum atomic E-state index is 12.1. The Labute approximate surface area is 153 Å². The number of carbonyl (C=O) groups is 1. The standard InChI is InChI=1S/C19H28N4O3/c1-3-4-5-6-13(2)19(24)25-11-14-7-10-17(26-14)15-8-9-16-18(20)21-12-22-23(15)16/h8-9,12-14,17H,3-7,10-11H2,1-2H3,(H2,20,21,22). The fraction of sp³-hybridized carbons (Fsp3) is 0.632. The first kappa shape index (κ1) is 18.6. The highest BCUT2D eigenvalue weighted by molar-refractivity contribution is 5.71. The Bertz CT molecular complexity index is 745. The molecule has 26 heavy (non-hydrogen) atoms. The Balaban J connectivity index is 1.51. The third kappa shape index (κ3) is 4.15. The molecule has 3 atom stereocenters. The molecule has 2 aromatic rings. The summed E-state index contributed by atoms with van der Waals surface area (Å²) in [6, 6.07) is 3.87. The summed E-state index contributed by atoms with van der Waals surface area (Å²) in [5.41, 5.74) is 7.61. The third-order valence-electron chi connectivity index (χ3n) is 5.00. The van der Waals surface area contributed by atoms with E-state index < -0.39 is 0 Å². The van der Waals surface area contributed by atoms with Gasteiger partial charge in [-0.3, -0.25) is 4.79 Å². The lowest BCUT2D eigenvalue weighted by Crippen LogP contribution is -2.22. The zero-order chi connectivity index (χ0) is 18.5. The van der Waals surface area contributed by atoms with Gasteiger partial charge in [0.15, 0.2) is 5.82 Å². The number of carbonyl (C=O) groups excluding carboxylic acids is 1. The first-order valence-electron chi connectivity index (χ1n) is 9.50. The van der Waals surface area contributed by atoms with E-state index >= 15 is 0 Å². The van der Waals surface area contributed by atoms with Crippen LogP contribution in [-0.4, -0.2) is 33.3 Å². The first-order valence-corrected chi connectivity index (χ1v) is 9.50. The van der Waals surface area contributed by atoms with Crippen LogP contribution >= 0.6 is 0 Å². The Morgan fingerprint density at radius 1 is 1.42 bits per heavy atom. The van der Waals surface area contributed by atoms with Crippen molar-refractivity contribution >= 4 is 17.3 Å². The zero-order valence-corrected chi connectivity index (χ0v) is 15.6. The molecule has 0 spiro atoms. The molecule has 0 amide bonds. The van der Waals surface area contributed by atoms with E-state index in [1.807, 2.05) is 19.1 Å². The van der Waals surface area contributed by atoms with E-state index in [4.69, 9.17) is 15.2 Å². The highest BCUT2D eigenvalue weighted by Gasteiger charge is 2.30. The molecule has 7 nitrogen and oxygen atoms in total. The summed E-state index contributed by atoms with van der Waals surface area (Å²) in [4.78, 5) is 16.1. The minimum absolute atomic E-state index is 0.0481. The highest BCUT2D eigenvalue weighted by Crippen LogP contribution is 2.34. The fourth-order valence-corrected chi connectivity index (χ4v) is 3.40. The normalized spacial score (nSPS) is 21.2. The van der Waals surface area contributed by atoms with Crippen molar-refractivity contribution in [1.82, 2.24) is 14.6 Å². The molecule has 7 heteroatoms. The van der Waals surface area contributed by atoms with Crippen LogP contribution in [0.15, 0.2) is 18.5 Å². The fourth-order valence-electron chi connectivity index (χ4n) is 3.40. The molecule has 1 aliphatic heterocycles. The average Bonchev–Trinajstić information content (AvgIpc) is 3.27. The van der Waals surface area contributed by atoms with Gasteiger partial charge in [-0.15, -0.1) is 0 Å². The Hall–Kier alpha value is -2.15. The topological polar surface area (TPSA) is 91.7 Å². The van der Waals surface area contributed by atoms with E-state index in [0.717, 1.165) is 49.7 Å². The van der Waals surface area contributed by atoms with Crippen LogP contribution in [0, 0.1) is 5.92 Å². The van der Waals surface area contributed by atoms with Crippen molar-refractivity contribution in [1.29, 1.82) is 0 Å². The summed E-state index contributed by atoms with van der Waals surface area (Å²) < 4.78 is 13.3. The van der Waals surface area contributed by atoms with Crippen LogP contribution in [0.4, 0.5) is 5.82 Å². The molecule has 0 aliphatic carbocycles. The van der Waals surface area contributed by atoms with Gasteiger partial charge in [0.2, 0.25) is 0 Å². The van der Waals surface area contributed by atoms with Crippen molar-refractivity contribution in [3.63, 3.8) is 0 Å². The van der Waals surface area contributed by atoms with E-state index in [9.17, 15) is 4.79 Å². The second-order valence-electron chi connectivity index (χ2n) is 7.05. The Morgan fingerprint density at radius 2 is 2.27 bits per heavy atom. The summed E-state index contributed by atoms with van der Waals surface area (Å²) in [7, 11) is 0. The van der Waals surface area contributed by atoms with Crippen molar-refractivity contribution in [2.24, 2.45) is 5.92 Å². The second-order valence-corrected chi connectivity index (χ2v) is 7.05. The number of ether oxygens (including phenoxy) is 2. The maximum Gasteiger partial charge on any atom is 0.308 e. The highest BCUT2D eigenvalue weighted by atomic mass is 16.6. The van der Waals surface area contributed by atoms with Crippen molar-refractivity contribution in [3.05, 3.63) is 24.2 Å². The van der Waals surface area contributed by atoms with E-state index in [0.29, 0.717) is 12.4 Å². The van der Waals surface area contributed by atoms with E-state index in [1.54, 1.807) is 4.52 Å². The summed E-state index contributed by atoms with van der Waals surface area (Å²) in [5.74, 6) is 0.279. The van der Waals surface area contributed by atoms with Gasteiger partial charge in [-0.05, 0) is 31.4 Å². The number of hydrogen-bond donors (Lipinski definition) is 1. The number of unbranched alkanes of at least 4 members (excludes halogenated alkanes) is 2. The number of rotatable bonds is 8. The van der Waals surface area contributed by atoms with Crippen molar-refractivity contribution < 1.29 is 14.3 Å². The molecule has 0 bridgehead atoms. The minimum atomic E-state index is -0.123. The molecule has 1 saturated heterocycles. The van der Waals surface area contributed by atoms with Crippen LogP contribution in [0.25, 0.3) is 5.52 Å². The smallest absolute Gasteiger partial charge is 0.308 e. The Morgan fingerprint density at radius 3 is 3.08 bits per heavy atom. The van der Waals surface area contributed by atoms with Crippen LogP contribution < -0.4 is 5.73 Å². The lowest BCUT2D eigenvalue weighted by Gasteiger charge is -2.16. The lowest BCUT2D eigenvalue weighted by atomic mass is 10.0. The van der Waals surface area contributed by atoms with Gasteiger partial charge >= 0.3 is 5.97 Å². The number of hydrogen-bond acceptors (Lipinski definition) is 6. The molecular weight excluding hydrogens is 332 g/mol. The van der Waals surface area contributed by atoms with Gasteiger partial charge in [-0.2, -0.15) is 5.10 Å². The van der Waals surface area contributed by atoms with Crippen LogP contribution in [0.3, 0.4) is 0 Å². The summed E-state index contributed by atoms with van der Waals surface area (Å²) in [6.07, 6.45) is 7.29. The summed E-state index contributed by atoms with van der Waals surface area (Å²) >= 11 is 0. The molecule has 3 heterocycles. The lowest BCUT2D eigenvalue weighted by molar-refractivity contribution is -0.152. The van der Waals surface area contributed by atoms with Gasteiger partial charge in [0.25, 0.3) is 0 Å². The summed E-state index contributed by atoms with van der Waals surface area (Å²) in [6.45, 7) is 4.41. The SMILES string of the molecule is CCCCCC(C)C(=O)OCC1CCC(c2ccc3c(N)ncnn23)O1. The molecule has 1 aliphatic rings. The monoisotopic (exact) mass is 360 g/mol. The van der Waals surface area contributed by atoms with Gasteiger partial charge in [-0.25, -0.2) is 9.50 Å². The van der Waals surface area contributed by atoms with E-state index in [1.165, 1.54) is 6.33 Å². The number of nitrogens with zero attached hydrogens (tertiary/aromatic N) is 3. The summed E-state index contributed by atoms with van der Waals surface area (Å²) in [5, 5.41) is 4.26. The molecule has 142 valence electrons. The molecule has 2 N–H and O–H groups in total. The average molecular weight is 360 g/mol. The van der Waals surface area contributed by atoms with Gasteiger partial charge in [0.05, 0.1) is 17.7 Å². The van der Waals surface area contributed by atoms with Gasteiger partial charge < -0.3 is 15.2 Å². The van der Waals surface area contributed by atoms with E-state index in [-0.39, 0.29) is 24.1 Å². The molecule has 3 rings (SSSR count). The van der Waals surface area contributed by atoms with Gasteiger partial charge in [-0.1, -0.05) is 33.1 Å². The van der Waals surface area contributed by atoms with Crippen LogP contribution in [-0.2, 0) is 14.3 Å². The third-order valence-corrected chi connectivity index (χ3v) is 5.00. The van der Waals surface area contributed by atoms with Crippen molar-refractivity contribution in [2.45, 2.75) is 64.6 Å². The van der Waals surface area contributed by atoms with Crippen LogP contribution in [0.5, 0.6) is 0 Å². The number of nitrogens with two attached hydrogens (primary N) is 1. The number of fused-ring (bicyclic) bond motifs is 1. The van der Waals surface area contributed by atoms with Gasteiger partial charge in [0.1, 0.15) is 24.6 Å². The van der Waals surface area contributed by atoms with Crippen molar-refractivity contribution in [2.75, 3.05) is 12.3 Å². The van der Waals surface area contributed by atoms with Crippen molar-refractivity contribution in [3.8, 4) is 0 Å². The van der Waals surface area contributed by atoms with Crippen LogP contribution in [0.2, 0.25) is 0 Å². The first-order chi connectivity index (χ1) is 12.6. The quantitative estimate of drug-likeness (QED) is 0.574. The molecule has 0 radical (unpaired) electrons.